The van der Waals surface area contributed by atoms with Crippen LogP contribution in [0, 0.1) is 0 Å². The van der Waals surface area contributed by atoms with Gasteiger partial charge in [-0.15, -0.1) is 0 Å². The molecule has 24 heavy (non-hydrogen) atoms. The van der Waals surface area contributed by atoms with Crippen molar-refractivity contribution in [2.75, 3.05) is 32.0 Å². The number of urea groups is 1. The number of rotatable bonds is 5. The lowest BCUT2D eigenvalue weighted by molar-refractivity contribution is 0.0602. The van der Waals surface area contributed by atoms with Gasteiger partial charge in [-0.25, -0.2) is 9.59 Å². The SMILES string of the molecule is COC(=O)c1ccccc1NC(=O)Nc1ccc(OC)cc1OC. The van der Waals surface area contributed by atoms with E-state index in [1.807, 2.05) is 0 Å². The van der Waals surface area contributed by atoms with Gasteiger partial charge in [-0.2, -0.15) is 0 Å². The van der Waals surface area contributed by atoms with Gasteiger partial charge in [0, 0.05) is 6.07 Å². The summed E-state index contributed by atoms with van der Waals surface area (Å²) in [5, 5.41) is 5.28. The summed E-state index contributed by atoms with van der Waals surface area (Å²) in [6.45, 7) is 0. The van der Waals surface area contributed by atoms with Crippen LogP contribution in [0.2, 0.25) is 0 Å². The number of carbonyl (C=O) groups is 2. The van der Waals surface area contributed by atoms with E-state index in [1.165, 1.54) is 14.2 Å². The molecule has 0 spiro atoms. The van der Waals surface area contributed by atoms with E-state index >= 15 is 0 Å². The third-order valence-corrected chi connectivity index (χ3v) is 3.24. The highest BCUT2D eigenvalue weighted by molar-refractivity contribution is 6.05. The molecule has 2 aromatic rings. The lowest BCUT2D eigenvalue weighted by Crippen LogP contribution is -2.21. The number of esters is 1. The van der Waals surface area contributed by atoms with E-state index in [0.717, 1.165) is 0 Å². The molecule has 2 amide bonds. The number of anilines is 2. The Hall–Kier alpha value is -3.22. The number of amides is 2. The first-order chi connectivity index (χ1) is 11.6. The van der Waals surface area contributed by atoms with Crippen molar-refractivity contribution in [2.24, 2.45) is 0 Å². The summed E-state index contributed by atoms with van der Waals surface area (Å²) in [4.78, 5) is 23.9. The Labute approximate surface area is 139 Å². The van der Waals surface area contributed by atoms with E-state index < -0.39 is 12.0 Å². The highest BCUT2D eigenvalue weighted by atomic mass is 16.5. The first kappa shape index (κ1) is 17.1. The Balaban J connectivity index is 2.16. The molecule has 0 aromatic heterocycles. The Bertz CT molecular complexity index is 746. The summed E-state index contributed by atoms with van der Waals surface area (Å²) in [5.74, 6) is 0.521. The van der Waals surface area contributed by atoms with Crippen molar-refractivity contribution in [3.05, 3.63) is 48.0 Å². The van der Waals surface area contributed by atoms with E-state index in [4.69, 9.17) is 14.2 Å². The summed E-state index contributed by atoms with van der Waals surface area (Å²) < 4.78 is 15.0. The number of hydrogen-bond acceptors (Lipinski definition) is 5. The van der Waals surface area contributed by atoms with E-state index in [2.05, 4.69) is 10.6 Å². The summed E-state index contributed by atoms with van der Waals surface area (Å²) in [5.41, 5.74) is 1.07. The summed E-state index contributed by atoms with van der Waals surface area (Å²) >= 11 is 0. The molecule has 0 saturated heterocycles. The maximum absolute atomic E-state index is 12.2. The van der Waals surface area contributed by atoms with Crippen LogP contribution in [0.4, 0.5) is 16.2 Å². The van der Waals surface area contributed by atoms with Gasteiger partial charge in [0.05, 0.1) is 38.3 Å². The summed E-state index contributed by atoms with van der Waals surface area (Å²) in [6, 6.07) is 11.0. The quantitative estimate of drug-likeness (QED) is 0.823. The van der Waals surface area contributed by atoms with Crippen molar-refractivity contribution >= 4 is 23.4 Å². The van der Waals surface area contributed by atoms with Crippen molar-refractivity contribution in [1.82, 2.24) is 0 Å². The van der Waals surface area contributed by atoms with Gasteiger partial charge in [-0.3, -0.25) is 0 Å². The fourth-order valence-electron chi connectivity index (χ4n) is 2.06. The zero-order valence-electron chi connectivity index (χ0n) is 13.6. The second-order valence-electron chi connectivity index (χ2n) is 4.68. The summed E-state index contributed by atoms with van der Waals surface area (Å²) in [6.07, 6.45) is 0. The molecule has 0 radical (unpaired) electrons. The summed E-state index contributed by atoms with van der Waals surface area (Å²) in [7, 11) is 4.31. The number of carbonyl (C=O) groups excluding carboxylic acids is 2. The van der Waals surface area contributed by atoms with Crippen molar-refractivity contribution in [3.63, 3.8) is 0 Å². The lowest BCUT2D eigenvalue weighted by Gasteiger charge is -2.13. The Kier molecular flexibility index (Phi) is 5.62. The lowest BCUT2D eigenvalue weighted by atomic mass is 10.2. The molecular weight excluding hydrogens is 312 g/mol. The van der Waals surface area contributed by atoms with Crippen LogP contribution in [0.1, 0.15) is 10.4 Å². The zero-order valence-corrected chi connectivity index (χ0v) is 13.6. The number of benzene rings is 2. The maximum atomic E-state index is 12.2. The Morgan fingerprint density at radius 1 is 0.875 bits per heavy atom. The third kappa shape index (κ3) is 3.95. The maximum Gasteiger partial charge on any atom is 0.339 e. The van der Waals surface area contributed by atoms with E-state index in [1.54, 1.807) is 49.6 Å². The molecule has 0 unspecified atom stereocenters. The molecule has 7 nitrogen and oxygen atoms in total. The monoisotopic (exact) mass is 330 g/mol. The average molecular weight is 330 g/mol. The van der Waals surface area contributed by atoms with Gasteiger partial charge in [-0.05, 0) is 24.3 Å². The minimum atomic E-state index is -0.534. The predicted molar refractivity (Wildman–Crippen MR) is 90.0 cm³/mol. The molecule has 0 aliphatic carbocycles. The van der Waals surface area contributed by atoms with Gasteiger partial charge < -0.3 is 24.8 Å². The second kappa shape index (κ2) is 7.87. The van der Waals surface area contributed by atoms with Crippen molar-refractivity contribution in [2.45, 2.75) is 0 Å². The predicted octanol–water partition coefficient (Wildman–Crippen LogP) is 3.13. The molecule has 7 heteroatoms. The first-order valence-electron chi connectivity index (χ1n) is 7.06. The number of para-hydroxylation sites is 1. The van der Waals surface area contributed by atoms with Crippen LogP contribution in [0.25, 0.3) is 0 Å². The molecule has 126 valence electrons. The number of nitrogens with one attached hydrogen (secondary N) is 2. The van der Waals surface area contributed by atoms with Crippen molar-refractivity contribution < 1.29 is 23.8 Å². The molecule has 0 fully saturated rings. The van der Waals surface area contributed by atoms with Crippen LogP contribution in [0.3, 0.4) is 0 Å². The molecular formula is C17H18N2O5. The van der Waals surface area contributed by atoms with Gasteiger partial charge in [0.25, 0.3) is 0 Å². The van der Waals surface area contributed by atoms with E-state index in [9.17, 15) is 9.59 Å². The van der Waals surface area contributed by atoms with Gasteiger partial charge >= 0.3 is 12.0 Å². The number of ether oxygens (including phenoxy) is 3. The van der Waals surface area contributed by atoms with Crippen LogP contribution >= 0.6 is 0 Å². The van der Waals surface area contributed by atoms with E-state index in [0.29, 0.717) is 22.9 Å². The second-order valence-corrected chi connectivity index (χ2v) is 4.68. The molecule has 2 aromatic carbocycles. The minimum Gasteiger partial charge on any atom is -0.497 e. The van der Waals surface area contributed by atoms with Crippen LogP contribution in [-0.2, 0) is 4.74 Å². The van der Waals surface area contributed by atoms with Crippen molar-refractivity contribution in [1.29, 1.82) is 0 Å². The Morgan fingerprint density at radius 3 is 2.25 bits per heavy atom. The number of hydrogen-bond donors (Lipinski definition) is 2. The molecule has 0 aliphatic rings. The van der Waals surface area contributed by atoms with Gasteiger partial charge in [0.2, 0.25) is 0 Å². The average Bonchev–Trinajstić information content (AvgIpc) is 2.61. The molecule has 0 saturated carbocycles. The minimum absolute atomic E-state index is 0.261. The van der Waals surface area contributed by atoms with E-state index in [-0.39, 0.29) is 5.56 Å². The largest absolute Gasteiger partial charge is 0.497 e. The smallest absolute Gasteiger partial charge is 0.339 e. The van der Waals surface area contributed by atoms with Crippen LogP contribution in [0.15, 0.2) is 42.5 Å². The fraction of sp³-hybridized carbons (Fsp3) is 0.176. The standard InChI is InChI=1S/C17H18N2O5/c1-22-11-8-9-14(15(10-11)23-2)19-17(21)18-13-7-5-4-6-12(13)16(20)24-3/h4-10H,1-3H3,(H2,18,19,21). The van der Waals surface area contributed by atoms with Crippen molar-refractivity contribution in [3.8, 4) is 11.5 Å². The van der Waals surface area contributed by atoms with Crippen LogP contribution < -0.4 is 20.1 Å². The molecule has 2 N–H and O–H groups in total. The molecule has 2 rings (SSSR count). The Morgan fingerprint density at radius 2 is 1.58 bits per heavy atom. The highest BCUT2D eigenvalue weighted by Crippen LogP contribution is 2.29. The highest BCUT2D eigenvalue weighted by Gasteiger charge is 2.14. The molecule has 0 atom stereocenters. The molecule has 0 heterocycles. The molecule has 0 bridgehead atoms. The zero-order chi connectivity index (χ0) is 17.5. The first-order valence-corrected chi connectivity index (χ1v) is 7.06. The third-order valence-electron chi connectivity index (χ3n) is 3.24. The van der Waals surface area contributed by atoms with Gasteiger partial charge in [0.15, 0.2) is 0 Å². The molecule has 0 aliphatic heterocycles. The topological polar surface area (TPSA) is 85.9 Å². The normalized spacial score (nSPS) is 9.79. The van der Waals surface area contributed by atoms with Gasteiger partial charge in [0.1, 0.15) is 11.5 Å². The van der Waals surface area contributed by atoms with Crippen LogP contribution in [-0.4, -0.2) is 33.3 Å². The fourth-order valence-corrected chi connectivity index (χ4v) is 2.06. The number of methoxy groups -OCH3 is 3. The van der Waals surface area contributed by atoms with Gasteiger partial charge in [-0.1, -0.05) is 12.1 Å². The van der Waals surface area contributed by atoms with Crippen LogP contribution in [0.5, 0.6) is 11.5 Å².